The molecule has 1 amide bonds. The number of amides is 1. The van der Waals surface area contributed by atoms with Gasteiger partial charge in [-0.25, -0.2) is 0 Å². The first-order valence-corrected chi connectivity index (χ1v) is 12.3. The fraction of sp³-hybridized carbons (Fsp3) is 0.346. The van der Waals surface area contributed by atoms with Gasteiger partial charge in [-0.1, -0.05) is 60.6 Å². The number of carbonyl (C=O) groups excluding carboxylic acids is 1. The quantitative estimate of drug-likeness (QED) is 0.374. The molecular formula is C26H29N3O4S. The van der Waals surface area contributed by atoms with Gasteiger partial charge in [0.25, 0.3) is 5.56 Å². The zero-order valence-corrected chi connectivity index (χ0v) is 20.7. The van der Waals surface area contributed by atoms with Crippen molar-refractivity contribution in [2.24, 2.45) is 7.05 Å². The Balaban J connectivity index is 1.74. The number of ether oxygens (including phenoxy) is 2. The molecule has 2 heterocycles. The van der Waals surface area contributed by atoms with Crippen molar-refractivity contribution in [2.45, 2.75) is 43.5 Å². The fourth-order valence-corrected chi connectivity index (χ4v) is 5.01. The Morgan fingerprint density at radius 3 is 2.65 bits per heavy atom. The van der Waals surface area contributed by atoms with Crippen LogP contribution in [0.1, 0.15) is 47.9 Å². The number of hydrogen-bond donors (Lipinski definition) is 1. The maximum atomic E-state index is 13.3. The van der Waals surface area contributed by atoms with Crippen molar-refractivity contribution >= 4 is 23.5 Å². The summed E-state index contributed by atoms with van der Waals surface area (Å²) in [7, 11) is 3.41. The molecule has 1 atom stereocenters. The second kappa shape index (κ2) is 10.3. The average Bonchev–Trinajstić information content (AvgIpc) is 2.84. The van der Waals surface area contributed by atoms with E-state index in [2.05, 4.69) is 34.6 Å². The number of nitrogens with one attached hydrogen (secondary N) is 1. The Hall–Kier alpha value is -3.26. The molecule has 1 unspecified atom stereocenters. The number of thioether (sulfide) groups is 1. The van der Waals surface area contributed by atoms with Crippen molar-refractivity contribution in [2.75, 3.05) is 19.0 Å². The number of hydrogen-bond acceptors (Lipinski definition) is 6. The second-order valence-electron chi connectivity index (χ2n) is 8.33. The van der Waals surface area contributed by atoms with E-state index < -0.39 is 5.92 Å². The molecule has 0 aliphatic carbocycles. The molecule has 1 N–H and O–H groups in total. The fourth-order valence-electron chi connectivity index (χ4n) is 4.09. The van der Waals surface area contributed by atoms with Crippen LogP contribution < -0.4 is 20.3 Å². The zero-order chi connectivity index (χ0) is 24.2. The summed E-state index contributed by atoms with van der Waals surface area (Å²) in [5.74, 6) is 1.66. The van der Waals surface area contributed by atoms with Crippen LogP contribution in [-0.2, 0) is 17.6 Å². The van der Waals surface area contributed by atoms with E-state index in [1.165, 1.54) is 17.3 Å². The van der Waals surface area contributed by atoms with Crippen molar-refractivity contribution in [3.05, 3.63) is 75.1 Å². The van der Waals surface area contributed by atoms with Crippen LogP contribution in [0.15, 0.2) is 52.4 Å². The van der Waals surface area contributed by atoms with E-state index in [0.29, 0.717) is 40.4 Å². The summed E-state index contributed by atoms with van der Waals surface area (Å²) in [5.41, 5.74) is 3.22. The van der Waals surface area contributed by atoms with Gasteiger partial charge in [0, 0.05) is 30.7 Å². The summed E-state index contributed by atoms with van der Waals surface area (Å²) in [6.45, 7) is 4.57. The Kier molecular flexibility index (Phi) is 7.26. The molecule has 2 aromatic carbocycles. The number of carbonyl (C=O) groups is 1. The topological polar surface area (TPSA) is 82.4 Å². The first-order valence-electron chi connectivity index (χ1n) is 11.3. The summed E-state index contributed by atoms with van der Waals surface area (Å²) < 4.78 is 13.3. The SMILES string of the molecule is CCCOc1c(OC)cccc1C1CC(=O)Nc2c1c(=O)nc(SCc1ccc(C)cc1)n2C. The largest absolute Gasteiger partial charge is 0.493 e. The summed E-state index contributed by atoms with van der Waals surface area (Å²) >= 11 is 1.47. The van der Waals surface area contributed by atoms with Gasteiger partial charge >= 0.3 is 0 Å². The third-order valence-corrected chi connectivity index (χ3v) is 6.95. The van der Waals surface area contributed by atoms with Gasteiger partial charge in [-0.05, 0) is 25.0 Å². The molecule has 1 aromatic heterocycles. The van der Waals surface area contributed by atoms with E-state index in [1.54, 1.807) is 11.7 Å². The standard InChI is InChI=1S/C26H29N3O4S/c1-5-13-33-23-18(7-6-8-20(23)32-4)19-14-21(30)27-24-22(19)25(31)28-26(29(24)3)34-15-17-11-9-16(2)10-12-17/h6-12,19H,5,13-15H2,1-4H3,(H,27,30). The molecule has 3 aromatic rings. The lowest BCUT2D eigenvalue weighted by Crippen LogP contribution is -2.33. The molecule has 0 fully saturated rings. The van der Waals surface area contributed by atoms with Gasteiger partial charge in [-0.2, -0.15) is 4.98 Å². The van der Waals surface area contributed by atoms with Gasteiger partial charge in [-0.15, -0.1) is 0 Å². The minimum absolute atomic E-state index is 0.134. The Morgan fingerprint density at radius 1 is 1.18 bits per heavy atom. The molecule has 0 spiro atoms. The average molecular weight is 480 g/mol. The second-order valence-corrected chi connectivity index (χ2v) is 9.27. The van der Waals surface area contributed by atoms with Gasteiger partial charge in [0.15, 0.2) is 16.7 Å². The normalized spacial score (nSPS) is 14.9. The van der Waals surface area contributed by atoms with E-state index in [0.717, 1.165) is 17.5 Å². The molecule has 0 saturated carbocycles. The Morgan fingerprint density at radius 2 is 1.94 bits per heavy atom. The molecule has 0 bridgehead atoms. The molecule has 1 aliphatic heterocycles. The first kappa shape index (κ1) is 23.9. The van der Waals surface area contributed by atoms with Crippen LogP contribution in [0, 0.1) is 6.92 Å². The van der Waals surface area contributed by atoms with E-state index in [4.69, 9.17) is 9.47 Å². The minimum atomic E-state index is -0.479. The van der Waals surface area contributed by atoms with Crippen LogP contribution in [0.4, 0.5) is 5.82 Å². The molecular weight excluding hydrogens is 450 g/mol. The lowest BCUT2D eigenvalue weighted by Gasteiger charge is -2.29. The van der Waals surface area contributed by atoms with Gasteiger partial charge in [-0.3, -0.25) is 9.59 Å². The minimum Gasteiger partial charge on any atom is -0.493 e. The summed E-state index contributed by atoms with van der Waals surface area (Å²) in [4.78, 5) is 30.5. The lowest BCUT2D eigenvalue weighted by atomic mass is 9.86. The van der Waals surface area contributed by atoms with Crippen LogP contribution in [0.5, 0.6) is 11.5 Å². The van der Waals surface area contributed by atoms with Gasteiger partial charge in [0.2, 0.25) is 5.91 Å². The van der Waals surface area contributed by atoms with Crippen LogP contribution in [-0.4, -0.2) is 29.2 Å². The van der Waals surface area contributed by atoms with Gasteiger partial charge in [0.05, 0.1) is 19.3 Å². The van der Waals surface area contributed by atoms with Gasteiger partial charge in [0.1, 0.15) is 5.82 Å². The van der Waals surface area contributed by atoms with Crippen molar-refractivity contribution in [3.63, 3.8) is 0 Å². The molecule has 0 radical (unpaired) electrons. The number of benzene rings is 2. The highest BCUT2D eigenvalue weighted by Crippen LogP contribution is 2.43. The van der Waals surface area contributed by atoms with E-state index in [9.17, 15) is 9.59 Å². The number of aryl methyl sites for hydroxylation is 1. The number of anilines is 1. The number of nitrogens with zero attached hydrogens (tertiary/aromatic N) is 2. The monoisotopic (exact) mass is 479 g/mol. The predicted octanol–water partition coefficient (Wildman–Crippen LogP) is 4.65. The number of aromatic nitrogens is 2. The highest BCUT2D eigenvalue weighted by atomic mass is 32.2. The highest BCUT2D eigenvalue weighted by Gasteiger charge is 2.34. The summed E-state index contributed by atoms with van der Waals surface area (Å²) in [6, 6.07) is 13.8. The van der Waals surface area contributed by atoms with E-state index >= 15 is 0 Å². The third-order valence-electron chi connectivity index (χ3n) is 5.84. The van der Waals surface area contributed by atoms with Gasteiger partial charge < -0.3 is 19.4 Å². The third kappa shape index (κ3) is 4.82. The van der Waals surface area contributed by atoms with Crippen LogP contribution >= 0.6 is 11.8 Å². The summed E-state index contributed by atoms with van der Waals surface area (Å²) in [6.07, 6.45) is 0.958. The van der Waals surface area contributed by atoms with Crippen molar-refractivity contribution in [1.82, 2.24) is 9.55 Å². The maximum Gasteiger partial charge on any atom is 0.279 e. The van der Waals surface area contributed by atoms with Crippen molar-refractivity contribution < 1.29 is 14.3 Å². The number of para-hydroxylation sites is 1. The molecule has 1 aliphatic rings. The molecule has 0 saturated heterocycles. The number of rotatable bonds is 8. The van der Waals surface area contributed by atoms with E-state index in [-0.39, 0.29) is 17.9 Å². The van der Waals surface area contributed by atoms with Crippen LogP contribution in [0.25, 0.3) is 0 Å². The summed E-state index contributed by atoms with van der Waals surface area (Å²) in [5, 5.41) is 3.46. The highest BCUT2D eigenvalue weighted by molar-refractivity contribution is 7.98. The predicted molar refractivity (Wildman–Crippen MR) is 134 cm³/mol. The van der Waals surface area contributed by atoms with Crippen LogP contribution in [0.2, 0.25) is 0 Å². The molecule has 4 rings (SSSR count). The van der Waals surface area contributed by atoms with Crippen molar-refractivity contribution in [3.8, 4) is 11.5 Å². The first-order chi connectivity index (χ1) is 16.4. The van der Waals surface area contributed by atoms with Crippen LogP contribution in [0.3, 0.4) is 0 Å². The number of fused-ring (bicyclic) bond motifs is 1. The molecule has 178 valence electrons. The van der Waals surface area contributed by atoms with Crippen molar-refractivity contribution in [1.29, 1.82) is 0 Å². The molecule has 8 heteroatoms. The maximum absolute atomic E-state index is 13.3. The molecule has 34 heavy (non-hydrogen) atoms. The van der Waals surface area contributed by atoms with E-state index in [1.807, 2.05) is 39.1 Å². The smallest absolute Gasteiger partial charge is 0.279 e. The zero-order valence-electron chi connectivity index (χ0n) is 19.9. The Labute approximate surface area is 203 Å². The number of methoxy groups -OCH3 is 1. The lowest BCUT2D eigenvalue weighted by molar-refractivity contribution is -0.116. The Bertz CT molecular complexity index is 1250. The molecule has 7 nitrogen and oxygen atoms in total.